The number of halogens is 4. The molecule has 0 bridgehead atoms. The molecule has 8 nitrogen and oxygen atoms in total. The van der Waals surface area contributed by atoms with Crippen molar-refractivity contribution in [2.45, 2.75) is 50.5 Å². The minimum atomic E-state index is -1.54. The molecule has 2 N–H and O–H groups in total. The Labute approximate surface area is 230 Å². The molecule has 1 saturated carbocycles. The van der Waals surface area contributed by atoms with Crippen molar-refractivity contribution in [3.8, 4) is 0 Å². The van der Waals surface area contributed by atoms with Crippen LogP contribution in [0.25, 0.3) is 0 Å². The van der Waals surface area contributed by atoms with Crippen molar-refractivity contribution in [2.75, 3.05) is 43.0 Å². The fourth-order valence-electron chi connectivity index (χ4n) is 5.41. The summed E-state index contributed by atoms with van der Waals surface area (Å²) >= 11 is 18.7. The van der Waals surface area contributed by atoms with E-state index in [-0.39, 0.29) is 25.2 Å². The first-order chi connectivity index (χ1) is 17.5. The van der Waals surface area contributed by atoms with Crippen molar-refractivity contribution in [2.24, 2.45) is 5.41 Å². The normalized spacial score (nSPS) is 28.2. The number of benzene rings is 1. The summed E-state index contributed by atoms with van der Waals surface area (Å²) in [7, 11) is 0. The fraction of sp³-hybridized carbons (Fsp3) is 0.560. The summed E-state index contributed by atoms with van der Waals surface area (Å²) in [5.41, 5.74) is -1.39. The second kappa shape index (κ2) is 10.0. The molecule has 0 radical (unpaired) electrons. The Morgan fingerprint density at radius 1 is 1.27 bits per heavy atom. The molecule has 0 amide bonds. The minimum Gasteiger partial charge on any atom is -0.481 e. The molecule has 200 valence electrons. The molecule has 2 atom stereocenters. The van der Waals surface area contributed by atoms with E-state index in [0.717, 1.165) is 5.56 Å². The third-order valence-corrected chi connectivity index (χ3v) is 8.62. The quantitative estimate of drug-likeness (QED) is 0.474. The highest BCUT2D eigenvalue weighted by Crippen LogP contribution is 2.45. The first-order valence-electron chi connectivity index (χ1n) is 12.2. The number of nitrogens with zero attached hydrogens (tertiary/aromatic N) is 4. The van der Waals surface area contributed by atoms with Gasteiger partial charge in [0, 0.05) is 29.2 Å². The molecule has 12 heteroatoms. The van der Waals surface area contributed by atoms with E-state index in [1.165, 1.54) is 6.20 Å². The van der Waals surface area contributed by atoms with Crippen LogP contribution in [0.1, 0.15) is 38.3 Å². The molecule has 37 heavy (non-hydrogen) atoms. The summed E-state index contributed by atoms with van der Waals surface area (Å²) in [6, 6.07) is 5.22. The Balaban J connectivity index is 1.21. The predicted octanol–water partition coefficient (Wildman–Crippen LogP) is 5.09. The lowest BCUT2D eigenvalue weighted by Gasteiger charge is -2.54. The Bertz CT molecular complexity index is 1190. The number of aromatic nitrogens is 2. The largest absolute Gasteiger partial charge is 0.481 e. The molecule has 1 aliphatic carbocycles. The van der Waals surface area contributed by atoms with Gasteiger partial charge in [0.2, 0.25) is 5.95 Å². The van der Waals surface area contributed by atoms with Crippen LogP contribution in [0.2, 0.25) is 15.1 Å². The third-order valence-electron chi connectivity index (χ3n) is 7.78. The van der Waals surface area contributed by atoms with Crippen molar-refractivity contribution in [1.29, 1.82) is 0 Å². The van der Waals surface area contributed by atoms with Crippen LogP contribution in [-0.2, 0) is 9.53 Å². The van der Waals surface area contributed by atoms with Gasteiger partial charge in [-0.25, -0.2) is 9.37 Å². The Morgan fingerprint density at radius 3 is 2.68 bits per heavy atom. The average Bonchev–Trinajstić information content (AvgIpc) is 2.81. The molecule has 0 unspecified atom stereocenters. The number of nitrogens with one attached hydrogen (secondary N) is 1. The molecule has 1 aromatic heterocycles. The number of morpholine rings is 1. The minimum absolute atomic E-state index is 0.0999. The highest BCUT2D eigenvalue weighted by Gasteiger charge is 2.55. The first-order valence-corrected chi connectivity index (χ1v) is 13.4. The van der Waals surface area contributed by atoms with Crippen LogP contribution in [0.5, 0.6) is 0 Å². The van der Waals surface area contributed by atoms with Crippen molar-refractivity contribution in [3.05, 3.63) is 45.0 Å². The van der Waals surface area contributed by atoms with Crippen molar-refractivity contribution in [1.82, 2.24) is 14.9 Å². The van der Waals surface area contributed by atoms with Crippen LogP contribution in [0, 0.1) is 5.41 Å². The van der Waals surface area contributed by atoms with Gasteiger partial charge in [-0.1, -0.05) is 40.9 Å². The SMILES string of the molecule is C[C@H](Nc1nc(N2CC(F)([C@@H]3CN(C4CC(C)(C(=O)O)C4)CCO3)C2)ncc1Cl)c1ccc(Cl)cc1Cl. The van der Waals surface area contributed by atoms with Crippen LogP contribution < -0.4 is 10.2 Å². The van der Waals surface area contributed by atoms with E-state index in [9.17, 15) is 9.90 Å². The number of carboxylic acids is 1. The van der Waals surface area contributed by atoms with E-state index in [1.54, 1.807) is 24.0 Å². The maximum atomic E-state index is 15.8. The number of alkyl halides is 1. The zero-order valence-electron chi connectivity index (χ0n) is 20.6. The van der Waals surface area contributed by atoms with Gasteiger partial charge < -0.3 is 20.1 Å². The second-order valence-electron chi connectivity index (χ2n) is 10.6. The number of anilines is 2. The van der Waals surface area contributed by atoms with Crippen LogP contribution in [0.3, 0.4) is 0 Å². The number of carbonyl (C=O) groups is 1. The summed E-state index contributed by atoms with van der Waals surface area (Å²) < 4.78 is 21.7. The Morgan fingerprint density at radius 2 is 2.00 bits per heavy atom. The molecule has 3 aliphatic rings. The van der Waals surface area contributed by atoms with Crippen molar-refractivity contribution in [3.63, 3.8) is 0 Å². The summed E-state index contributed by atoms with van der Waals surface area (Å²) in [6.07, 6.45) is 2.06. The molecule has 2 saturated heterocycles. The Kier molecular flexibility index (Phi) is 7.21. The zero-order valence-corrected chi connectivity index (χ0v) is 22.8. The monoisotopic (exact) mass is 571 g/mol. The summed E-state index contributed by atoms with van der Waals surface area (Å²) in [6.45, 7) is 5.44. The van der Waals surface area contributed by atoms with Gasteiger partial charge in [-0.05, 0) is 44.4 Å². The molecular weight excluding hydrogens is 544 g/mol. The van der Waals surface area contributed by atoms with Crippen LogP contribution >= 0.6 is 34.8 Å². The van der Waals surface area contributed by atoms with E-state index in [0.29, 0.717) is 59.4 Å². The Hall–Kier alpha value is -1.91. The van der Waals surface area contributed by atoms with Crippen molar-refractivity contribution < 1.29 is 19.0 Å². The van der Waals surface area contributed by atoms with Crippen LogP contribution in [0.15, 0.2) is 24.4 Å². The predicted molar refractivity (Wildman–Crippen MR) is 142 cm³/mol. The van der Waals surface area contributed by atoms with Gasteiger partial charge >= 0.3 is 5.97 Å². The van der Waals surface area contributed by atoms with Crippen molar-refractivity contribution >= 4 is 52.5 Å². The van der Waals surface area contributed by atoms with Crippen LogP contribution in [0.4, 0.5) is 16.2 Å². The smallest absolute Gasteiger partial charge is 0.309 e. The van der Waals surface area contributed by atoms with Gasteiger partial charge in [0.1, 0.15) is 11.1 Å². The maximum absolute atomic E-state index is 15.8. The van der Waals surface area contributed by atoms with Gasteiger partial charge in [0.25, 0.3) is 0 Å². The number of aliphatic carboxylic acids is 1. The topological polar surface area (TPSA) is 90.8 Å². The van der Waals surface area contributed by atoms with Gasteiger partial charge in [-0.2, -0.15) is 4.98 Å². The van der Waals surface area contributed by atoms with E-state index < -0.39 is 23.2 Å². The number of hydrogen-bond acceptors (Lipinski definition) is 7. The number of rotatable bonds is 7. The first kappa shape index (κ1) is 26.7. The lowest BCUT2D eigenvalue weighted by atomic mass is 9.66. The van der Waals surface area contributed by atoms with Gasteiger partial charge in [0.15, 0.2) is 11.5 Å². The molecule has 0 spiro atoms. The van der Waals surface area contributed by atoms with E-state index in [1.807, 2.05) is 13.0 Å². The van der Waals surface area contributed by atoms with Gasteiger partial charge in [-0.15, -0.1) is 0 Å². The lowest BCUT2D eigenvalue weighted by molar-refractivity contribution is -0.166. The number of carboxylic acid groups (broad SMARTS) is 1. The number of ether oxygens (including phenoxy) is 1. The molecule has 2 aromatic rings. The molecular formula is C25H29Cl3FN5O3. The van der Waals surface area contributed by atoms with E-state index in [4.69, 9.17) is 39.5 Å². The highest BCUT2D eigenvalue weighted by molar-refractivity contribution is 6.35. The summed E-state index contributed by atoms with van der Waals surface area (Å²) in [4.78, 5) is 24.2. The second-order valence-corrected chi connectivity index (χ2v) is 11.8. The molecule has 1 aromatic carbocycles. The van der Waals surface area contributed by atoms with Crippen LogP contribution in [-0.4, -0.2) is 76.5 Å². The van der Waals surface area contributed by atoms with Gasteiger partial charge in [0.05, 0.1) is 37.4 Å². The van der Waals surface area contributed by atoms with E-state index >= 15 is 4.39 Å². The zero-order chi connectivity index (χ0) is 26.5. The van der Waals surface area contributed by atoms with E-state index in [2.05, 4.69) is 20.2 Å². The lowest BCUT2D eigenvalue weighted by Crippen LogP contribution is -2.70. The summed E-state index contributed by atoms with van der Waals surface area (Å²) in [5.74, 6) is 0.0270. The maximum Gasteiger partial charge on any atom is 0.309 e. The molecule has 2 aliphatic heterocycles. The molecule has 5 rings (SSSR count). The number of hydrogen-bond donors (Lipinski definition) is 2. The fourth-order valence-corrected chi connectivity index (χ4v) is 6.12. The third kappa shape index (κ3) is 5.21. The summed E-state index contributed by atoms with van der Waals surface area (Å²) in [5, 5.41) is 14.1. The average molecular weight is 573 g/mol. The van der Waals surface area contributed by atoms with Gasteiger partial charge in [-0.3, -0.25) is 9.69 Å². The standard InChI is InChI=1S/C25H29Cl3FN5O3/c1-14(17-4-3-15(26)7-18(17)27)31-21-19(28)10-30-23(32-21)34-12-25(29,13-34)20-11-33(5-6-37-20)16-8-24(2,9-16)22(35)36/h3-4,7,10,14,16,20H,5-6,8-9,11-13H2,1-2H3,(H,35,36)(H,30,31,32)/t14-,16?,20-,24?/m0/s1. The highest BCUT2D eigenvalue weighted by atomic mass is 35.5. The molecule has 3 heterocycles. The molecule has 3 fully saturated rings.